The van der Waals surface area contributed by atoms with Crippen LogP contribution in [0.3, 0.4) is 0 Å². The van der Waals surface area contributed by atoms with E-state index in [0.29, 0.717) is 17.7 Å². The number of aliphatic imine (C=N–C) groups is 1. The number of likely N-dealkylation sites (tertiary alicyclic amines) is 1. The number of carbonyl (C=O) groups is 1. The van der Waals surface area contributed by atoms with E-state index in [2.05, 4.69) is 31.0 Å². The molecule has 1 saturated heterocycles. The molecule has 1 aromatic rings. The Bertz CT molecular complexity index is 577. The van der Waals surface area contributed by atoms with E-state index in [1.54, 1.807) is 12.1 Å². The SMILES string of the molecule is CCCC1(C)CCCN(C(=NCc2ccc(C(N)=O)o2)NCC)C1. The van der Waals surface area contributed by atoms with Crippen molar-refractivity contribution in [2.75, 3.05) is 19.6 Å². The van der Waals surface area contributed by atoms with Gasteiger partial charge in [-0.1, -0.05) is 20.3 Å². The van der Waals surface area contributed by atoms with Crippen molar-refractivity contribution in [1.82, 2.24) is 10.2 Å². The van der Waals surface area contributed by atoms with Crippen molar-refractivity contribution < 1.29 is 9.21 Å². The standard InChI is InChI=1S/C18H30N4O2/c1-4-9-18(3)10-6-11-22(13-18)17(20-5-2)21-12-14-7-8-15(24-14)16(19)23/h7-8H,4-6,9-13H2,1-3H3,(H2,19,23)(H,20,21). The summed E-state index contributed by atoms with van der Waals surface area (Å²) >= 11 is 0. The molecule has 0 spiro atoms. The maximum absolute atomic E-state index is 11.1. The van der Waals surface area contributed by atoms with Crippen molar-refractivity contribution in [1.29, 1.82) is 0 Å². The zero-order valence-corrected chi connectivity index (χ0v) is 15.1. The fraction of sp³-hybridized carbons (Fsp3) is 0.667. The number of amides is 1. The normalized spacial score (nSPS) is 21.8. The van der Waals surface area contributed by atoms with E-state index >= 15 is 0 Å². The molecule has 2 rings (SSSR count). The predicted octanol–water partition coefficient (Wildman–Crippen LogP) is 2.75. The van der Waals surface area contributed by atoms with Gasteiger partial charge in [-0.3, -0.25) is 4.79 Å². The summed E-state index contributed by atoms with van der Waals surface area (Å²) in [5.74, 6) is 1.19. The Kier molecular flexibility index (Phi) is 6.29. The Morgan fingerprint density at radius 3 is 2.88 bits per heavy atom. The molecule has 0 radical (unpaired) electrons. The van der Waals surface area contributed by atoms with Crippen LogP contribution < -0.4 is 11.1 Å². The maximum Gasteiger partial charge on any atom is 0.284 e. The lowest BCUT2D eigenvalue weighted by Crippen LogP contribution is -2.49. The monoisotopic (exact) mass is 334 g/mol. The highest BCUT2D eigenvalue weighted by molar-refractivity contribution is 5.89. The van der Waals surface area contributed by atoms with Gasteiger partial charge in [0.1, 0.15) is 12.3 Å². The van der Waals surface area contributed by atoms with E-state index in [1.807, 2.05) is 0 Å². The predicted molar refractivity (Wildman–Crippen MR) is 95.9 cm³/mol. The number of rotatable bonds is 6. The van der Waals surface area contributed by atoms with Gasteiger partial charge in [0.15, 0.2) is 11.7 Å². The number of carbonyl (C=O) groups excluding carboxylic acids is 1. The van der Waals surface area contributed by atoms with Gasteiger partial charge in [-0.15, -0.1) is 0 Å². The van der Waals surface area contributed by atoms with Crippen LogP contribution in [0.5, 0.6) is 0 Å². The van der Waals surface area contributed by atoms with Crippen molar-refractivity contribution >= 4 is 11.9 Å². The second-order valence-corrected chi connectivity index (χ2v) is 6.89. The molecule has 1 amide bonds. The molecule has 1 fully saturated rings. The minimum atomic E-state index is -0.552. The molecule has 1 aliphatic rings. The number of nitrogens with zero attached hydrogens (tertiary/aromatic N) is 2. The second kappa shape index (κ2) is 8.22. The average Bonchev–Trinajstić information content (AvgIpc) is 3.00. The largest absolute Gasteiger partial charge is 0.454 e. The van der Waals surface area contributed by atoms with Crippen LogP contribution in [0.15, 0.2) is 21.5 Å². The molecule has 1 atom stereocenters. The molecular formula is C18H30N4O2. The second-order valence-electron chi connectivity index (χ2n) is 6.89. The molecule has 2 heterocycles. The highest BCUT2D eigenvalue weighted by Gasteiger charge is 2.31. The number of nitrogens with one attached hydrogen (secondary N) is 1. The van der Waals surface area contributed by atoms with Crippen LogP contribution >= 0.6 is 0 Å². The van der Waals surface area contributed by atoms with Gasteiger partial charge in [0.25, 0.3) is 5.91 Å². The average molecular weight is 334 g/mol. The number of hydrogen-bond acceptors (Lipinski definition) is 3. The molecule has 0 bridgehead atoms. The lowest BCUT2D eigenvalue weighted by molar-refractivity contribution is 0.0972. The number of hydrogen-bond donors (Lipinski definition) is 2. The van der Waals surface area contributed by atoms with Crippen LogP contribution in [0.2, 0.25) is 0 Å². The molecule has 24 heavy (non-hydrogen) atoms. The Morgan fingerprint density at radius 1 is 1.46 bits per heavy atom. The fourth-order valence-corrected chi connectivity index (χ4v) is 3.48. The lowest BCUT2D eigenvalue weighted by atomic mass is 9.78. The third kappa shape index (κ3) is 4.76. The number of furan rings is 1. The minimum Gasteiger partial charge on any atom is -0.454 e. The van der Waals surface area contributed by atoms with Crippen LogP contribution in [-0.2, 0) is 6.54 Å². The van der Waals surface area contributed by atoms with Crippen molar-refractivity contribution in [2.24, 2.45) is 16.1 Å². The highest BCUT2D eigenvalue weighted by atomic mass is 16.3. The summed E-state index contributed by atoms with van der Waals surface area (Å²) in [6.45, 7) is 9.96. The number of guanidine groups is 1. The Labute approximate surface area is 144 Å². The maximum atomic E-state index is 11.1. The molecule has 134 valence electrons. The lowest BCUT2D eigenvalue weighted by Gasteiger charge is -2.42. The summed E-state index contributed by atoms with van der Waals surface area (Å²) in [5.41, 5.74) is 5.57. The van der Waals surface area contributed by atoms with Gasteiger partial charge in [-0.05, 0) is 43.7 Å². The van der Waals surface area contributed by atoms with Crippen LogP contribution in [-0.4, -0.2) is 36.4 Å². The molecule has 6 nitrogen and oxygen atoms in total. The van der Waals surface area contributed by atoms with E-state index in [1.165, 1.54) is 25.7 Å². The van der Waals surface area contributed by atoms with E-state index in [0.717, 1.165) is 25.6 Å². The summed E-state index contributed by atoms with van der Waals surface area (Å²) in [5, 5.41) is 3.37. The molecule has 3 N–H and O–H groups in total. The van der Waals surface area contributed by atoms with Gasteiger partial charge < -0.3 is 20.4 Å². The molecule has 0 saturated carbocycles. The van der Waals surface area contributed by atoms with Gasteiger partial charge in [0.2, 0.25) is 0 Å². The molecule has 0 aromatic carbocycles. The molecular weight excluding hydrogens is 304 g/mol. The smallest absolute Gasteiger partial charge is 0.284 e. The van der Waals surface area contributed by atoms with Crippen molar-refractivity contribution in [3.05, 3.63) is 23.7 Å². The fourth-order valence-electron chi connectivity index (χ4n) is 3.48. The third-order valence-electron chi connectivity index (χ3n) is 4.56. The number of piperidine rings is 1. The summed E-state index contributed by atoms with van der Waals surface area (Å²) < 4.78 is 5.41. The Morgan fingerprint density at radius 2 is 2.25 bits per heavy atom. The number of primary amides is 1. The van der Waals surface area contributed by atoms with Crippen molar-refractivity contribution in [3.8, 4) is 0 Å². The van der Waals surface area contributed by atoms with Gasteiger partial charge in [-0.25, -0.2) is 4.99 Å². The van der Waals surface area contributed by atoms with Crippen molar-refractivity contribution in [2.45, 2.75) is 53.0 Å². The van der Waals surface area contributed by atoms with Crippen LogP contribution in [0, 0.1) is 5.41 Å². The zero-order chi connectivity index (χ0) is 17.6. The first-order chi connectivity index (χ1) is 11.5. The van der Waals surface area contributed by atoms with E-state index in [9.17, 15) is 4.79 Å². The number of nitrogens with two attached hydrogens (primary N) is 1. The topological polar surface area (TPSA) is 83.9 Å². The Balaban J connectivity index is 2.07. The van der Waals surface area contributed by atoms with Gasteiger partial charge in [-0.2, -0.15) is 0 Å². The highest BCUT2D eigenvalue weighted by Crippen LogP contribution is 2.33. The van der Waals surface area contributed by atoms with Crippen molar-refractivity contribution in [3.63, 3.8) is 0 Å². The van der Waals surface area contributed by atoms with E-state index in [4.69, 9.17) is 15.1 Å². The first-order valence-electron chi connectivity index (χ1n) is 8.89. The molecule has 1 aromatic heterocycles. The summed E-state index contributed by atoms with van der Waals surface area (Å²) in [6, 6.07) is 3.35. The first kappa shape index (κ1) is 18.4. The van der Waals surface area contributed by atoms with E-state index < -0.39 is 5.91 Å². The third-order valence-corrected chi connectivity index (χ3v) is 4.56. The quantitative estimate of drug-likeness (QED) is 0.619. The van der Waals surface area contributed by atoms with Gasteiger partial charge >= 0.3 is 0 Å². The van der Waals surface area contributed by atoms with Gasteiger partial charge in [0.05, 0.1) is 0 Å². The van der Waals surface area contributed by atoms with Crippen LogP contribution in [0.25, 0.3) is 0 Å². The molecule has 0 aliphatic carbocycles. The first-order valence-corrected chi connectivity index (χ1v) is 8.89. The molecule has 1 unspecified atom stereocenters. The minimum absolute atomic E-state index is 0.179. The van der Waals surface area contributed by atoms with E-state index in [-0.39, 0.29) is 5.76 Å². The zero-order valence-electron chi connectivity index (χ0n) is 15.1. The Hall–Kier alpha value is -1.98. The van der Waals surface area contributed by atoms with Crippen LogP contribution in [0.4, 0.5) is 0 Å². The molecule has 1 aliphatic heterocycles. The molecule has 6 heteroatoms. The summed E-state index contributed by atoms with van der Waals surface area (Å²) in [7, 11) is 0. The summed E-state index contributed by atoms with van der Waals surface area (Å²) in [4.78, 5) is 18.1. The summed E-state index contributed by atoms with van der Waals surface area (Å²) in [6.07, 6.45) is 4.91. The van der Waals surface area contributed by atoms with Crippen LogP contribution in [0.1, 0.15) is 62.8 Å². The van der Waals surface area contributed by atoms with Gasteiger partial charge in [0, 0.05) is 19.6 Å².